The van der Waals surface area contributed by atoms with Crippen LogP contribution in [0.4, 0.5) is 4.79 Å². The Bertz CT molecular complexity index is 1050. The molecule has 0 spiro atoms. The summed E-state index contributed by atoms with van der Waals surface area (Å²) in [6.07, 6.45) is 3.86. The van der Waals surface area contributed by atoms with Gasteiger partial charge in [0, 0.05) is 12.6 Å². The number of methoxy groups -OCH3 is 1. The Labute approximate surface area is 184 Å². The van der Waals surface area contributed by atoms with Gasteiger partial charge in [0.15, 0.2) is 11.5 Å². The van der Waals surface area contributed by atoms with Crippen molar-refractivity contribution in [3.8, 4) is 11.5 Å². The number of halogens is 2. The number of urea groups is 1. The number of carbonyl (C=O) groups excluding carboxylic acids is 2. The first-order valence-corrected chi connectivity index (χ1v) is 9.79. The molecule has 30 heavy (non-hydrogen) atoms. The lowest BCUT2D eigenvalue weighted by Crippen LogP contribution is -2.25. The Morgan fingerprint density at radius 2 is 1.93 bits per heavy atom. The van der Waals surface area contributed by atoms with Gasteiger partial charge in [-0.3, -0.25) is 9.69 Å². The molecular formula is C22H20Cl2N2O4. The van der Waals surface area contributed by atoms with Crippen LogP contribution in [0.15, 0.2) is 48.7 Å². The second kappa shape index (κ2) is 9.24. The molecule has 8 heteroatoms. The van der Waals surface area contributed by atoms with Crippen LogP contribution in [0.25, 0.3) is 6.08 Å². The molecule has 0 aliphatic carbocycles. The van der Waals surface area contributed by atoms with Crippen LogP contribution in [0.2, 0.25) is 10.0 Å². The van der Waals surface area contributed by atoms with E-state index < -0.39 is 11.9 Å². The summed E-state index contributed by atoms with van der Waals surface area (Å²) in [6.45, 7) is 4.06. The van der Waals surface area contributed by atoms with E-state index in [0.717, 1.165) is 16.0 Å². The average Bonchev–Trinajstić information content (AvgIpc) is 2.96. The van der Waals surface area contributed by atoms with Crippen LogP contribution in [-0.4, -0.2) is 31.0 Å². The second-order valence-electron chi connectivity index (χ2n) is 6.59. The number of allylic oxidation sites excluding steroid dienone is 1. The van der Waals surface area contributed by atoms with Gasteiger partial charge in [0.05, 0.1) is 17.2 Å². The molecule has 0 aromatic heterocycles. The number of nitrogens with zero attached hydrogens (tertiary/aromatic N) is 1. The van der Waals surface area contributed by atoms with Crippen molar-refractivity contribution in [3.05, 3.63) is 75.4 Å². The summed E-state index contributed by atoms with van der Waals surface area (Å²) in [4.78, 5) is 24.8. The van der Waals surface area contributed by atoms with Crippen LogP contribution in [0.3, 0.4) is 0 Å². The number of hydrogen-bond donors (Lipinski definition) is 1. The Kier molecular flexibility index (Phi) is 6.70. The number of nitrogens with one attached hydrogen (secondary N) is 1. The van der Waals surface area contributed by atoms with Crippen LogP contribution < -0.4 is 14.8 Å². The highest BCUT2D eigenvalue weighted by Crippen LogP contribution is 2.35. The number of hydrogen-bond acceptors (Lipinski definition) is 4. The summed E-state index contributed by atoms with van der Waals surface area (Å²) in [7, 11) is 2.95. The van der Waals surface area contributed by atoms with E-state index in [9.17, 15) is 9.59 Å². The average molecular weight is 447 g/mol. The molecule has 1 saturated heterocycles. The Morgan fingerprint density at radius 3 is 2.53 bits per heavy atom. The van der Waals surface area contributed by atoms with Gasteiger partial charge in [-0.2, -0.15) is 0 Å². The van der Waals surface area contributed by atoms with Crippen molar-refractivity contribution in [2.75, 3.05) is 14.2 Å². The third-order valence-electron chi connectivity index (χ3n) is 4.50. The van der Waals surface area contributed by atoms with Gasteiger partial charge in [0.1, 0.15) is 12.3 Å². The number of ether oxygens (including phenoxy) is 2. The van der Waals surface area contributed by atoms with E-state index >= 15 is 0 Å². The Morgan fingerprint density at radius 1 is 1.17 bits per heavy atom. The fourth-order valence-electron chi connectivity index (χ4n) is 2.96. The fraction of sp³-hybridized carbons (Fsp3) is 0.182. The van der Waals surface area contributed by atoms with Crippen molar-refractivity contribution in [2.45, 2.75) is 13.0 Å². The van der Waals surface area contributed by atoms with E-state index in [-0.39, 0.29) is 12.3 Å². The zero-order valence-corrected chi connectivity index (χ0v) is 18.0. The molecule has 156 valence electrons. The molecule has 3 amide bonds. The number of likely N-dealkylation sites (N-methyl/N-ethyl adjacent to an activating group) is 1. The van der Waals surface area contributed by atoms with Crippen molar-refractivity contribution in [2.24, 2.45) is 0 Å². The Balaban J connectivity index is 1.93. The molecule has 0 bridgehead atoms. The molecule has 0 saturated carbocycles. The third-order valence-corrected chi connectivity index (χ3v) is 5.24. The molecule has 0 radical (unpaired) electrons. The molecule has 2 aromatic carbocycles. The van der Waals surface area contributed by atoms with Gasteiger partial charge < -0.3 is 14.8 Å². The molecule has 2 aromatic rings. The van der Waals surface area contributed by atoms with E-state index in [4.69, 9.17) is 32.7 Å². The van der Waals surface area contributed by atoms with Crippen LogP contribution in [0, 0.1) is 0 Å². The molecule has 1 aliphatic heterocycles. The minimum Gasteiger partial charge on any atom is -0.493 e. The summed E-state index contributed by atoms with van der Waals surface area (Å²) in [5.74, 6) is 0.653. The topological polar surface area (TPSA) is 67.9 Å². The monoisotopic (exact) mass is 446 g/mol. The standard InChI is InChI=1S/C22H20Cl2N2O4/c1-4-5-15-8-14(10-18-21(27)26(2)22(28)25-18)11-19(29-3)20(15)30-12-13-6-7-16(23)17(24)9-13/h4,6-11H,1,5,12H2,2-3H3,(H,25,28)/b18-10+. The van der Waals surface area contributed by atoms with Crippen molar-refractivity contribution in [1.82, 2.24) is 10.2 Å². The molecular weight excluding hydrogens is 427 g/mol. The highest BCUT2D eigenvalue weighted by atomic mass is 35.5. The second-order valence-corrected chi connectivity index (χ2v) is 7.41. The van der Waals surface area contributed by atoms with Gasteiger partial charge >= 0.3 is 6.03 Å². The predicted octanol–water partition coefficient (Wildman–Crippen LogP) is 4.83. The minimum absolute atomic E-state index is 0.193. The summed E-state index contributed by atoms with van der Waals surface area (Å²) >= 11 is 12.0. The molecule has 0 unspecified atom stereocenters. The van der Waals surface area contributed by atoms with E-state index in [1.165, 1.54) is 14.2 Å². The van der Waals surface area contributed by atoms with Crippen molar-refractivity contribution >= 4 is 41.2 Å². The number of benzene rings is 2. The summed E-state index contributed by atoms with van der Waals surface area (Å²) in [6, 6.07) is 8.42. The van der Waals surface area contributed by atoms with Gasteiger partial charge in [-0.1, -0.05) is 35.3 Å². The van der Waals surface area contributed by atoms with Gasteiger partial charge in [-0.05, 0) is 47.9 Å². The highest BCUT2D eigenvalue weighted by Gasteiger charge is 2.30. The lowest BCUT2D eigenvalue weighted by atomic mass is 10.0. The summed E-state index contributed by atoms with van der Waals surface area (Å²) < 4.78 is 11.6. The molecule has 6 nitrogen and oxygen atoms in total. The first kappa shape index (κ1) is 21.7. The van der Waals surface area contributed by atoms with Crippen molar-refractivity contribution in [1.29, 1.82) is 0 Å². The molecule has 1 fully saturated rings. The van der Waals surface area contributed by atoms with E-state index in [1.807, 2.05) is 12.1 Å². The zero-order valence-electron chi connectivity index (χ0n) is 16.5. The summed E-state index contributed by atoms with van der Waals surface area (Å²) in [5, 5.41) is 3.47. The quantitative estimate of drug-likeness (QED) is 0.375. The third kappa shape index (κ3) is 4.61. The number of imide groups is 1. The highest BCUT2D eigenvalue weighted by molar-refractivity contribution is 6.42. The zero-order chi connectivity index (χ0) is 21.8. The lowest BCUT2D eigenvalue weighted by Gasteiger charge is -2.16. The van der Waals surface area contributed by atoms with Crippen molar-refractivity contribution < 1.29 is 19.1 Å². The first-order chi connectivity index (χ1) is 14.3. The smallest absolute Gasteiger partial charge is 0.328 e. The number of rotatable bonds is 7. The largest absolute Gasteiger partial charge is 0.493 e. The molecule has 3 rings (SSSR count). The van der Waals surface area contributed by atoms with Crippen LogP contribution in [0.5, 0.6) is 11.5 Å². The van der Waals surface area contributed by atoms with Crippen molar-refractivity contribution in [3.63, 3.8) is 0 Å². The predicted molar refractivity (Wildman–Crippen MR) is 117 cm³/mol. The van der Waals surface area contributed by atoms with Crippen LogP contribution in [-0.2, 0) is 17.8 Å². The van der Waals surface area contributed by atoms with Gasteiger partial charge in [-0.15, -0.1) is 6.58 Å². The maximum atomic E-state index is 12.1. The number of amides is 3. The van der Waals surface area contributed by atoms with Gasteiger partial charge in [-0.25, -0.2) is 4.79 Å². The SMILES string of the molecule is C=CCc1cc(/C=C2/NC(=O)N(C)C2=O)cc(OC)c1OCc1ccc(Cl)c(Cl)c1. The Hall–Kier alpha value is -2.96. The lowest BCUT2D eigenvalue weighted by molar-refractivity contribution is -0.121. The van der Waals surface area contributed by atoms with E-state index in [0.29, 0.717) is 33.5 Å². The fourth-order valence-corrected chi connectivity index (χ4v) is 3.28. The molecule has 1 aliphatic rings. The first-order valence-electron chi connectivity index (χ1n) is 9.03. The normalized spacial score (nSPS) is 14.8. The number of carbonyl (C=O) groups is 2. The molecule has 0 atom stereocenters. The van der Waals surface area contributed by atoms with E-state index in [2.05, 4.69) is 11.9 Å². The minimum atomic E-state index is -0.467. The molecule has 1 heterocycles. The van der Waals surface area contributed by atoms with E-state index in [1.54, 1.807) is 30.4 Å². The summed E-state index contributed by atoms with van der Waals surface area (Å²) in [5.41, 5.74) is 2.55. The maximum absolute atomic E-state index is 12.1. The van der Waals surface area contributed by atoms with Gasteiger partial charge in [0.2, 0.25) is 0 Å². The molecule has 1 N–H and O–H groups in total. The maximum Gasteiger partial charge on any atom is 0.328 e. The van der Waals surface area contributed by atoms with Crippen LogP contribution >= 0.6 is 23.2 Å². The van der Waals surface area contributed by atoms with Crippen LogP contribution in [0.1, 0.15) is 16.7 Å². The van der Waals surface area contributed by atoms with Gasteiger partial charge in [0.25, 0.3) is 5.91 Å².